The smallest absolute Gasteiger partial charge is 0.299 e. The molecule has 9 heteroatoms. The highest BCUT2D eigenvalue weighted by atomic mass is 32.2. The number of alkyl halides is 2. The lowest BCUT2D eigenvalue weighted by Crippen LogP contribution is -2.46. The van der Waals surface area contributed by atoms with Crippen LogP contribution < -0.4 is 9.21 Å². The Bertz CT molecular complexity index is 852. The van der Waals surface area contributed by atoms with Crippen molar-refractivity contribution in [2.45, 2.75) is 24.0 Å². The first-order valence-electron chi connectivity index (χ1n) is 7.11. The van der Waals surface area contributed by atoms with E-state index in [-0.39, 0.29) is 6.04 Å². The maximum Gasteiger partial charge on any atom is 0.299 e. The molecule has 122 valence electrons. The van der Waals surface area contributed by atoms with Crippen LogP contribution in [0.4, 0.5) is 20.3 Å². The van der Waals surface area contributed by atoms with Crippen LogP contribution in [0.3, 0.4) is 0 Å². The van der Waals surface area contributed by atoms with Gasteiger partial charge in [-0.15, -0.1) is 0 Å². The third-order valence-corrected chi connectivity index (χ3v) is 5.86. The Morgan fingerprint density at radius 2 is 2.13 bits per heavy atom. The van der Waals surface area contributed by atoms with Crippen molar-refractivity contribution in [1.82, 2.24) is 4.98 Å². The number of furan rings is 1. The van der Waals surface area contributed by atoms with Gasteiger partial charge in [0.25, 0.3) is 16.4 Å². The second kappa shape index (κ2) is 4.92. The van der Waals surface area contributed by atoms with E-state index in [0.29, 0.717) is 18.8 Å². The van der Waals surface area contributed by atoms with E-state index in [2.05, 4.69) is 9.88 Å². The van der Waals surface area contributed by atoms with E-state index in [9.17, 15) is 17.2 Å². The average molecular weight is 341 g/mol. The fraction of sp³-hybridized carbons (Fsp3) is 0.357. The summed E-state index contributed by atoms with van der Waals surface area (Å²) in [6, 6.07) is 5.33. The van der Waals surface area contributed by atoms with Gasteiger partial charge in [-0.3, -0.25) is 0 Å². The van der Waals surface area contributed by atoms with Crippen molar-refractivity contribution in [1.29, 1.82) is 0 Å². The third-order valence-electron chi connectivity index (χ3n) is 4.14. The van der Waals surface area contributed by atoms with Crippen molar-refractivity contribution in [3.8, 4) is 0 Å². The van der Waals surface area contributed by atoms with E-state index in [1.54, 1.807) is 12.1 Å². The molecule has 0 aliphatic carbocycles. The van der Waals surface area contributed by atoms with Gasteiger partial charge < -0.3 is 9.32 Å². The highest BCUT2D eigenvalue weighted by molar-refractivity contribution is 7.92. The Kier molecular flexibility index (Phi) is 3.09. The lowest BCUT2D eigenvalue weighted by molar-refractivity contribution is 0.116. The van der Waals surface area contributed by atoms with E-state index < -0.39 is 27.3 Å². The van der Waals surface area contributed by atoms with E-state index in [1.807, 2.05) is 0 Å². The third kappa shape index (κ3) is 2.10. The van der Waals surface area contributed by atoms with Gasteiger partial charge in [-0.05, 0) is 30.7 Å². The summed E-state index contributed by atoms with van der Waals surface area (Å²) in [5.74, 6) is -0.342. The summed E-state index contributed by atoms with van der Waals surface area (Å²) in [6.45, 7) is 1.29. The number of aromatic nitrogens is 1. The first-order valence-corrected chi connectivity index (χ1v) is 8.55. The number of hydrogen-bond donors (Lipinski definition) is 0. The number of pyridine rings is 1. The number of sulfonamides is 1. The molecule has 2 aromatic rings. The van der Waals surface area contributed by atoms with Crippen molar-refractivity contribution >= 4 is 21.5 Å². The number of fused-ring (bicyclic) bond motifs is 4. The van der Waals surface area contributed by atoms with Crippen molar-refractivity contribution in [3.63, 3.8) is 0 Å². The average Bonchev–Trinajstić information content (AvgIpc) is 3.16. The summed E-state index contributed by atoms with van der Waals surface area (Å²) < 4.78 is 57.2. The first-order chi connectivity index (χ1) is 11.0. The van der Waals surface area contributed by atoms with Gasteiger partial charge >= 0.3 is 0 Å². The minimum absolute atomic E-state index is 0.275. The molecule has 1 fully saturated rings. The zero-order valence-electron chi connectivity index (χ0n) is 11.9. The summed E-state index contributed by atoms with van der Waals surface area (Å²) in [4.78, 5) is 6.27. The zero-order chi connectivity index (χ0) is 16.2. The molecule has 2 aliphatic heterocycles. The Labute approximate surface area is 131 Å². The molecule has 2 bridgehead atoms. The normalized spacial score (nSPS) is 20.2. The van der Waals surface area contributed by atoms with Gasteiger partial charge in [-0.1, -0.05) is 0 Å². The molecule has 1 unspecified atom stereocenters. The van der Waals surface area contributed by atoms with Gasteiger partial charge in [-0.25, -0.2) is 18.1 Å². The van der Waals surface area contributed by atoms with Crippen molar-refractivity contribution < 1.29 is 21.6 Å². The number of anilines is 2. The van der Waals surface area contributed by atoms with Crippen molar-refractivity contribution in [2.24, 2.45) is 0 Å². The van der Waals surface area contributed by atoms with Crippen molar-refractivity contribution in [2.75, 3.05) is 22.3 Å². The molecule has 0 amide bonds. The molecule has 1 atom stereocenters. The van der Waals surface area contributed by atoms with Crippen LogP contribution in [-0.4, -0.2) is 32.5 Å². The summed E-state index contributed by atoms with van der Waals surface area (Å²) >= 11 is 0. The standard InChI is InChI=1S/C14H13F2N3O3S/c15-13(16)11-3-4-12(22-11)23(20,21)19-9-5-7-18(8-9)10-2-1-6-17-14(10)19/h1-4,6,9,13H,5,7-8H2. The van der Waals surface area contributed by atoms with Crippen LogP contribution in [0.25, 0.3) is 0 Å². The molecule has 0 N–H and O–H groups in total. The van der Waals surface area contributed by atoms with Crippen LogP contribution in [-0.2, 0) is 10.0 Å². The number of hydrogen-bond acceptors (Lipinski definition) is 5. The predicted octanol–water partition coefficient (Wildman–Crippen LogP) is 2.40. The lowest BCUT2D eigenvalue weighted by atomic mass is 10.2. The van der Waals surface area contributed by atoms with Gasteiger partial charge in [-0.2, -0.15) is 8.42 Å². The highest BCUT2D eigenvalue weighted by Gasteiger charge is 2.44. The van der Waals surface area contributed by atoms with Gasteiger partial charge in [0.05, 0.1) is 11.7 Å². The molecule has 0 radical (unpaired) electrons. The maximum absolute atomic E-state index is 12.9. The Morgan fingerprint density at radius 1 is 1.30 bits per heavy atom. The van der Waals surface area contributed by atoms with Crippen LogP contribution in [0.5, 0.6) is 0 Å². The molecule has 1 saturated heterocycles. The van der Waals surface area contributed by atoms with Gasteiger partial charge in [0.15, 0.2) is 11.6 Å². The topological polar surface area (TPSA) is 66.7 Å². The van der Waals surface area contributed by atoms with E-state index >= 15 is 0 Å². The molecule has 4 rings (SSSR count). The van der Waals surface area contributed by atoms with Crippen LogP contribution >= 0.6 is 0 Å². The molecule has 2 aliphatic rings. The first kappa shape index (κ1) is 14.4. The van der Waals surface area contributed by atoms with Crippen LogP contribution in [0.15, 0.2) is 40.0 Å². The maximum atomic E-state index is 12.9. The minimum Gasteiger partial charge on any atom is -0.442 e. The summed E-state index contributed by atoms with van der Waals surface area (Å²) in [7, 11) is -4.08. The van der Waals surface area contributed by atoms with Gasteiger partial charge in [0, 0.05) is 19.3 Å². The zero-order valence-corrected chi connectivity index (χ0v) is 12.7. The lowest BCUT2D eigenvalue weighted by Gasteiger charge is -2.35. The van der Waals surface area contributed by atoms with Crippen LogP contribution in [0.2, 0.25) is 0 Å². The Balaban J connectivity index is 1.82. The number of rotatable bonds is 3. The second-order valence-corrected chi connectivity index (χ2v) is 7.24. The minimum atomic E-state index is -4.08. The highest BCUT2D eigenvalue weighted by Crippen LogP contribution is 2.41. The molecule has 6 nitrogen and oxygen atoms in total. The summed E-state index contributed by atoms with van der Waals surface area (Å²) in [5.41, 5.74) is 0.727. The van der Waals surface area contributed by atoms with Crippen LogP contribution in [0, 0.1) is 0 Å². The van der Waals surface area contributed by atoms with Crippen LogP contribution in [0.1, 0.15) is 18.6 Å². The molecule has 0 spiro atoms. The fourth-order valence-electron chi connectivity index (χ4n) is 3.13. The molecular weight excluding hydrogens is 328 g/mol. The van der Waals surface area contributed by atoms with Crippen molar-refractivity contribution in [3.05, 3.63) is 36.2 Å². The quantitative estimate of drug-likeness (QED) is 0.858. The summed E-state index contributed by atoms with van der Waals surface area (Å²) in [5, 5.41) is -0.482. The fourth-order valence-corrected chi connectivity index (χ4v) is 4.70. The Morgan fingerprint density at radius 3 is 2.87 bits per heavy atom. The molecule has 0 saturated carbocycles. The largest absolute Gasteiger partial charge is 0.442 e. The predicted molar refractivity (Wildman–Crippen MR) is 78.2 cm³/mol. The van der Waals surface area contributed by atoms with Gasteiger partial charge in [0.1, 0.15) is 0 Å². The SMILES string of the molecule is O=S(=O)(c1ccc(C(F)F)o1)N1c2ncccc2N2CCC1C2. The molecule has 23 heavy (non-hydrogen) atoms. The number of halogens is 2. The molecular formula is C14H13F2N3O3S. The number of nitrogens with zero attached hydrogens (tertiary/aromatic N) is 3. The van der Waals surface area contributed by atoms with Gasteiger partial charge in [0.2, 0.25) is 5.09 Å². The molecule has 4 heterocycles. The van der Waals surface area contributed by atoms with E-state index in [1.165, 1.54) is 10.5 Å². The summed E-state index contributed by atoms with van der Waals surface area (Å²) in [6.07, 6.45) is -0.689. The van der Waals surface area contributed by atoms with E-state index in [0.717, 1.165) is 24.4 Å². The molecule has 0 aromatic carbocycles. The second-order valence-electron chi connectivity index (χ2n) is 5.49. The van der Waals surface area contributed by atoms with E-state index in [4.69, 9.17) is 4.42 Å². The molecule has 2 aromatic heterocycles. The Hall–Kier alpha value is -2.16. The monoisotopic (exact) mass is 341 g/mol.